The number of ether oxygens (including phenoxy) is 5. The van der Waals surface area contributed by atoms with Crippen LogP contribution in [0.1, 0.15) is 39.4 Å². The first-order valence-corrected chi connectivity index (χ1v) is 12.5. The Morgan fingerprint density at radius 1 is 0.946 bits per heavy atom. The standard InChI is InChI=1S/C29H28NO6.BrH/c1-32-28(31)12-18-4-2-3-5-21(18)14-30-9-8-20-11-26-27(35-16-34-26)13-22(20)24(30)10-19-6-7-25-29(23(19)15-30)36-17-33-25;/h2-7,11,13,24H,8-10,12,14-17H2,1H3;1H/q+1;/p-1. The topological polar surface area (TPSA) is 63.2 Å². The molecule has 0 spiro atoms. The summed E-state index contributed by atoms with van der Waals surface area (Å²) < 4.78 is 29.0. The minimum absolute atomic E-state index is 0. The van der Waals surface area contributed by atoms with Gasteiger partial charge in [-0.1, -0.05) is 30.3 Å². The van der Waals surface area contributed by atoms with Gasteiger partial charge in [-0.05, 0) is 34.9 Å². The van der Waals surface area contributed by atoms with Crippen LogP contribution < -0.4 is 35.9 Å². The number of quaternary nitrogens is 1. The second-order valence-electron chi connectivity index (χ2n) is 10.1. The zero-order chi connectivity index (χ0) is 24.3. The van der Waals surface area contributed by atoms with Crippen molar-refractivity contribution < 1.29 is 49.9 Å². The minimum Gasteiger partial charge on any atom is -1.00 e. The lowest BCUT2D eigenvalue weighted by atomic mass is 9.80. The van der Waals surface area contributed by atoms with Crippen molar-refractivity contribution >= 4 is 5.97 Å². The third kappa shape index (κ3) is 3.94. The van der Waals surface area contributed by atoms with E-state index >= 15 is 0 Å². The molecule has 3 aromatic rings. The molecule has 7 rings (SSSR count). The molecule has 0 fully saturated rings. The molecule has 4 heterocycles. The Bertz CT molecular complexity index is 1390. The van der Waals surface area contributed by atoms with E-state index in [4.69, 9.17) is 23.7 Å². The van der Waals surface area contributed by atoms with Gasteiger partial charge in [0.2, 0.25) is 13.6 Å². The molecule has 37 heavy (non-hydrogen) atoms. The number of rotatable bonds is 4. The molecule has 3 aromatic carbocycles. The second kappa shape index (κ2) is 9.26. The zero-order valence-corrected chi connectivity index (χ0v) is 22.2. The number of carbonyl (C=O) groups excluding carboxylic acids is 1. The highest BCUT2D eigenvalue weighted by Crippen LogP contribution is 2.52. The molecular formula is C29H28BrNO6. The molecule has 0 amide bonds. The highest BCUT2D eigenvalue weighted by molar-refractivity contribution is 5.72. The van der Waals surface area contributed by atoms with Gasteiger partial charge >= 0.3 is 5.97 Å². The smallest absolute Gasteiger partial charge is 0.309 e. The van der Waals surface area contributed by atoms with E-state index in [2.05, 4.69) is 30.3 Å². The molecular weight excluding hydrogens is 538 g/mol. The molecule has 4 aliphatic heterocycles. The summed E-state index contributed by atoms with van der Waals surface area (Å²) in [6.45, 7) is 3.18. The number of nitrogens with zero attached hydrogens (tertiary/aromatic N) is 1. The molecule has 2 atom stereocenters. The third-order valence-electron chi connectivity index (χ3n) is 8.27. The van der Waals surface area contributed by atoms with E-state index in [9.17, 15) is 4.79 Å². The molecule has 8 heteroatoms. The van der Waals surface area contributed by atoms with Crippen LogP contribution in [-0.4, -0.2) is 37.7 Å². The Hall–Kier alpha value is -3.23. The fourth-order valence-electron chi connectivity index (χ4n) is 6.47. The number of hydrogen-bond donors (Lipinski definition) is 0. The molecule has 0 aromatic heterocycles. The second-order valence-corrected chi connectivity index (χ2v) is 10.1. The van der Waals surface area contributed by atoms with Gasteiger partial charge in [0, 0.05) is 24.0 Å². The van der Waals surface area contributed by atoms with Crippen LogP contribution in [0.4, 0.5) is 0 Å². The van der Waals surface area contributed by atoms with Crippen molar-refractivity contribution in [2.45, 2.75) is 38.4 Å². The lowest BCUT2D eigenvalue weighted by Crippen LogP contribution is -3.00. The predicted molar refractivity (Wildman–Crippen MR) is 130 cm³/mol. The van der Waals surface area contributed by atoms with E-state index < -0.39 is 0 Å². The summed E-state index contributed by atoms with van der Waals surface area (Å²) >= 11 is 0. The Morgan fingerprint density at radius 2 is 1.70 bits per heavy atom. The normalized spacial score (nSPS) is 21.8. The van der Waals surface area contributed by atoms with Gasteiger partial charge in [0.1, 0.15) is 19.1 Å². The SMILES string of the molecule is COC(=O)Cc1ccccc1C[N+]12CCc3cc4c(cc3C1Cc1ccc3c(c1C2)OCO3)OCO4.[Br-]. The van der Waals surface area contributed by atoms with Gasteiger partial charge in [-0.2, -0.15) is 0 Å². The summed E-state index contributed by atoms with van der Waals surface area (Å²) in [5.41, 5.74) is 7.44. The molecule has 0 N–H and O–H groups in total. The highest BCUT2D eigenvalue weighted by Gasteiger charge is 2.48. The van der Waals surface area contributed by atoms with E-state index in [-0.39, 0.29) is 49.0 Å². The van der Waals surface area contributed by atoms with Crippen molar-refractivity contribution in [1.29, 1.82) is 0 Å². The molecule has 192 valence electrons. The summed E-state index contributed by atoms with van der Waals surface area (Å²) in [6, 6.07) is 17.1. The molecule has 0 aliphatic carbocycles. The monoisotopic (exact) mass is 565 g/mol. The maximum Gasteiger partial charge on any atom is 0.309 e. The average molecular weight is 566 g/mol. The van der Waals surface area contributed by atoms with Crippen LogP contribution >= 0.6 is 0 Å². The molecule has 0 saturated carbocycles. The van der Waals surface area contributed by atoms with Crippen molar-refractivity contribution in [2.24, 2.45) is 0 Å². The molecule has 0 bridgehead atoms. The van der Waals surface area contributed by atoms with Crippen LogP contribution in [0.5, 0.6) is 23.0 Å². The fourth-order valence-corrected chi connectivity index (χ4v) is 6.47. The van der Waals surface area contributed by atoms with Gasteiger partial charge < -0.3 is 45.1 Å². The fraction of sp³-hybridized carbons (Fsp3) is 0.345. The van der Waals surface area contributed by atoms with Gasteiger partial charge in [0.05, 0.1) is 25.6 Å². The Balaban J connectivity index is 0.00000252. The summed E-state index contributed by atoms with van der Waals surface area (Å²) in [6.07, 6.45) is 2.12. The number of methoxy groups -OCH3 is 1. The van der Waals surface area contributed by atoms with Crippen LogP contribution in [-0.2, 0) is 41.9 Å². The van der Waals surface area contributed by atoms with Crippen LogP contribution in [0, 0.1) is 0 Å². The third-order valence-corrected chi connectivity index (χ3v) is 8.27. The van der Waals surface area contributed by atoms with Crippen molar-refractivity contribution in [3.63, 3.8) is 0 Å². The van der Waals surface area contributed by atoms with Gasteiger partial charge in [0.15, 0.2) is 23.0 Å². The molecule has 7 nitrogen and oxygen atoms in total. The number of esters is 1. The van der Waals surface area contributed by atoms with Gasteiger partial charge in [-0.15, -0.1) is 0 Å². The van der Waals surface area contributed by atoms with E-state index in [1.165, 1.54) is 34.9 Å². The van der Waals surface area contributed by atoms with Crippen LogP contribution in [0.2, 0.25) is 0 Å². The van der Waals surface area contributed by atoms with Crippen molar-refractivity contribution in [2.75, 3.05) is 27.2 Å². The van der Waals surface area contributed by atoms with E-state index in [0.29, 0.717) is 0 Å². The number of fused-ring (bicyclic) bond motifs is 7. The van der Waals surface area contributed by atoms with E-state index in [0.717, 1.165) is 65.5 Å². The van der Waals surface area contributed by atoms with Gasteiger partial charge in [-0.25, -0.2) is 0 Å². The first kappa shape index (κ1) is 24.1. The number of carbonyl (C=O) groups is 1. The predicted octanol–water partition coefficient (Wildman–Crippen LogP) is 1.23. The first-order chi connectivity index (χ1) is 17.6. The largest absolute Gasteiger partial charge is 1.00 e. The molecule has 0 saturated heterocycles. The zero-order valence-electron chi connectivity index (χ0n) is 20.6. The Labute approximate surface area is 226 Å². The quantitative estimate of drug-likeness (QED) is 0.350. The maximum atomic E-state index is 12.2. The molecule has 0 radical (unpaired) electrons. The number of hydrogen-bond acceptors (Lipinski definition) is 6. The van der Waals surface area contributed by atoms with Crippen molar-refractivity contribution in [1.82, 2.24) is 0 Å². The van der Waals surface area contributed by atoms with Crippen LogP contribution in [0.3, 0.4) is 0 Å². The molecule has 2 unspecified atom stereocenters. The summed E-state index contributed by atoms with van der Waals surface area (Å²) in [5.74, 6) is 3.18. The van der Waals surface area contributed by atoms with Gasteiger partial charge in [0.25, 0.3) is 0 Å². The summed E-state index contributed by atoms with van der Waals surface area (Å²) in [5, 5.41) is 0. The lowest BCUT2D eigenvalue weighted by molar-refractivity contribution is -0.985. The van der Waals surface area contributed by atoms with Gasteiger partial charge in [-0.3, -0.25) is 4.79 Å². The van der Waals surface area contributed by atoms with E-state index in [1.54, 1.807) is 0 Å². The molecule has 4 aliphatic rings. The Morgan fingerprint density at radius 3 is 2.54 bits per heavy atom. The van der Waals surface area contributed by atoms with Crippen molar-refractivity contribution in [3.8, 4) is 23.0 Å². The lowest BCUT2D eigenvalue weighted by Gasteiger charge is -2.51. The maximum absolute atomic E-state index is 12.2. The van der Waals surface area contributed by atoms with Crippen molar-refractivity contribution in [3.05, 3.63) is 81.9 Å². The van der Waals surface area contributed by atoms with Crippen LogP contribution in [0.15, 0.2) is 48.5 Å². The van der Waals surface area contributed by atoms with Crippen LogP contribution in [0.25, 0.3) is 0 Å². The summed E-state index contributed by atoms with van der Waals surface area (Å²) in [7, 11) is 1.44. The first-order valence-electron chi connectivity index (χ1n) is 12.5. The number of benzene rings is 3. The number of halogens is 1. The summed E-state index contributed by atoms with van der Waals surface area (Å²) in [4.78, 5) is 12.2. The highest BCUT2D eigenvalue weighted by atomic mass is 79.9. The average Bonchev–Trinajstić information content (AvgIpc) is 3.57. The minimum atomic E-state index is -0.219. The Kier molecular flexibility index (Phi) is 6.04. The van der Waals surface area contributed by atoms with E-state index in [1.807, 2.05) is 18.2 Å².